The second kappa shape index (κ2) is 6.16. The fourth-order valence-electron chi connectivity index (χ4n) is 1.51. The van der Waals surface area contributed by atoms with E-state index in [-0.39, 0.29) is 0 Å². The van der Waals surface area contributed by atoms with Crippen molar-refractivity contribution in [2.75, 3.05) is 12.8 Å². The van der Waals surface area contributed by atoms with Crippen LogP contribution in [-0.2, 0) is 10.5 Å². The zero-order valence-corrected chi connectivity index (χ0v) is 12.6. The van der Waals surface area contributed by atoms with Gasteiger partial charge in [-0.3, -0.25) is 0 Å². The summed E-state index contributed by atoms with van der Waals surface area (Å²) >= 11 is 4.98. The number of benzene rings is 1. The average molecular weight is 342 g/mol. The molecule has 0 atom stereocenters. The lowest BCUT2D eigenvalue weighted by Crippen LogP contribution is -2.06. The molecule has 0 unspecified atom stereocenters. The molecule has 0 spiro atoms. The fourth-order valence-corrected chi connectivity index (χ4v) is 3.07. The van der Waals surface area contributed by atoms with Gasteiger partial charge in [0.05, 0.1) is 24.7 Å². The lowest BCUT2D eigenvalue weighted by Gasteiger charge is -2.09. The molecule has 2 N–H and O–H groups in total. The van der Waals surface area contributed by atoms with Crippen LogP contribution in [-0.4, -0.2) is 13.1 Å². The van der Waals surface area contributed by atoms with Crippen LogP contribution in [0.5, 0.6) is 0 Å². The topological polar surface area (TPSA) is 65.5 Å². The third kappa shape index (κ3) is 3.33. The molecule has 0 radical (unpaired) electrons. The molecule has 0 bridgehead atoms. The number of hydrogen-bond acceptors (Lipinski definition) is 5. The van der Waals surface area contributed by atoms with Crippen LogP contribution in [0.1, 0.15) is 16.1 Å². The monoisotopic (exact) mass is 341 g/mol. The van der Waals surface area contributed by atoms with Gasteiger partial charge < -0.3 is 14.9 Å². The van der Waals surface area contributed by atoms with Crippen molar-refractivity contribution in [3.05, 3.63) is 46.3 Å². The Morgan fingerprint density at radius 3 is 2.95 bits per heavy atom. The Balaban J connectivity index is 2.22. The van der Waals surface area contributed by atoms with E-state index in [0.29, 0.717) is 17.0 Å². The second-order valence-electron chi connectivity index (χ2n) is 3.73. The molecule has 0 amide bonds. The molecule has 0 aliphatic rings. The Bertz CT molecular complexity index is 584. The molecule has 4 nitrogen and oxygen atoms in total. The molecule has 0 aliphatic heterocycles. The average Bonchev–Trinajstić information content (AvgIpc) is 2.90. The number of nitrogens with two attached hydrogens (primary N) is 1. The van der Waals surface area contributed by atoms with Gasteiger partial charge in [-0.15, -0.1) is 11.8 Å². The van der Waals surface area contributed by atoms with Crippen LogP contribution < -0.4 is 5.73 Å². The minimum Gasteiger partial charge on any atom is -0.468 e. The number of carbonyl (C=O) groups is 1. The van der Waals surface area contributed by atoms with Crippen molar-refractivity contribution in [1.29, 1.82) is 0 Å². The SMILES string of the molecule is COC(=O)c1cc(SCc2ccco2)c(Br)cc1N. The fraction of sp³-hybridized carbons (Fsp3) is 0.154. The van der Waals surface area contributed by atoms with Gasteiger partial charge >= 0.3 is 5.97 Å². The van der Waals surface area contributed by atoms with Crippen molar-refractivity contribution in [1.82, 2.24) is 0 Å². The maximum atomic E-state index is 11.6. The number of hydrogen-bond donors (Lipinski definition) is 1. The summed E-state index contributed by atoms with van der Waals surface area (Å²) in [4.78, 5) is 12.5. The van der Waals surface area contributed by atoms with Gasteiger partial charge in [0.2, 0.25) is 0 Å². The molecule has 0 saturated heterocycles. The summed E-state index contributed by atoms with van der Waals surface area (Å²) < 4.78 is 10.8. The van der Waals surface area contributed by atoms with Crippen LogP contribution >= 0.6 is 27.7 Å². The number of halogens is 1. The first-order chi connectivity index (χ1) is 9.11. The summed E-state index contributed by atoms with van der Waals surface area (Å²) in [5.41, 5.74) is 6.56. The van der Waals surface area contributed by atoms with Crippen molar-refractivity contribution >= 4 is 39.3 Å². The number of ether oxygens (including phenoxy) is 1. The van der Waals surface area contributed by atoms with Crippen molar-refractivity contribution < 1.29 is 13.9 Å². The second-order valence-corrected chi connectivity index (χ2v) is 5.60. The highest BCUT2D eigenvalue weighted by Gasteiger charge is 2.14. The molecule has 2 rings (SSSR count). The first kappa shape index (κ1) is 14.0. The zero-order chi connectivity index (χ0) is 13.8. The van der Waals surface area contributed by atoms with Gasteiger partial charge in [0.25, 0.3) is 0 Å². The third-order valence-electron chi connectivity index (χ3n) is 2.46. The molecule has 1 aromatic heterocycles. The number of nitrogen functional groups attached to an aromatic ring is 1. The summed E-state index contributed by atoms with van der Waals surface area (Å²) in [5.74, 6) is 1.11. The maximum Gasteiger partial charge on any atom is 0.339 e. The van der Waals surface area contributed by atoms with E-state index in [1.807, 2.05) is 12.1 Å². The van der Waals surface area contributed by atoms with E-state index in [9.17, 15) is 4.79 Å². The van der Waals surface area contributed by atoms with Gasteiger partial charge in [0.15, 0.2) is 0 Å². The van der Waals surface area contributed by atoms with E-state index in [4.69, 9.17) is 14.9 Å². The molecular formula is C13H12BrNO3S. The van der Waals surface area contributed by atoms with Crippen LogP contribution in [0.25, 0.3) is 0 Å². The summed E-state index contributed by atoms with van der Waals surface area (Å²) in [6.45, 7) is 0. The van der Waals surface area contributed by atoms with Crippen molar-refractivity contribution in [2.45, 2.75) is 10.6 Å². The van der Waals surface area contributed by atoms with E-state index >= 15 is 0 Å². The van der Waals surface area contributed by atoms with Crippen LogP contribution in [0.15, 0.2) is 44.3 Å². The lowest BCUT2D eigenvalue weighted by molar-refractivity contribution is 0.0601. The molecule has 0 fully saturated rings. The lowest BCUT2D eigenvalue weighted by atomic mass is 10.2. The van der Waals surface area contributed by atoms with Crippen molar-refractivity contribution in [3.63, 3.8) is 0 Å². The number of esters is 1. The normalized spacial score (nSPS) is 10.4. The highest BCUT2D eigenvalue weighted by Crippen LogP contribution is 2.33. The highest BCUT2D eigenvalue weighted by atomic mass is 79.9. The highest BCUT2D eigenvalue weighted by molar-refractivity contribution is 9.10. The Morgan fingerprint density at radius 1 is 1.53 bits per heavy atom. The number of carbonyl (C=O) groups excluding carboxylic acids is 1. The summed E-state index contributed by atoms with van der Waals surface area (Å²) in [5, 5.41) is 0. The standard InChI is InChI=1S/C13H12BrNO3S/c1-17-13(16)9-5-12(10(14)6-11(9)15)19-7-8-3-2-4-18-8/h2-6H,7,15H2,1H3. The number of anilines is 1. The van der Waals surface area contributed by atoms with Crippen molar-refractivity contribution in [3.8, 4) is 0 Å². The summed E-state index contributed by atoms with van der Waals surface area (Å²) in [7, 11) is 1.33. The minimum atomic E-state index is -0.440. The Kier molecular flexibility index (Phi) is 4.55. The van der Waals surface area contributed by atoms with Gasteiger partial charge in [0, 0.05) is 15.1 Å². The van der Waals surface area contributed by atoms with Crippen molar-refractivity contribution in [2.24, 2.45) is 0 Å². The summed E-state index contributed by atoms with van der Waals surface area (Å²) in [6.07, 6.45) is 1.63. The van der Waals surface area contributed by atoms with E-state index in [1.165, 1.54) is 7.11 Å². The molecule has 1 aromatic carbocycles. The third-order valence-corrected chi connectivity index (χ3v) is 4.46. The predicted octanol–water partition coefficient (Wildman–Crippen LogP) is 3.70. The van der Waals surface area contributed by atoms with Crippen LogP contribution in [0.2, 0.25) is 0 Å². The van der Waals surface area contributed by atoms with Crippen LogP contribution in [0.3, 0.4) is 0 Å². The number of thioether (sulfide) groups is 1. The van der Waals surface area contributed by atoms with Crippen LogP contribution in [0, 0.1) is 0 Å². The van der Waals surface area contributed by atoms with E-state index < -0.39 is 5.97 Å². The smallest absolute Gasteiger partial charge is 0.339 e. The van der Waals surface area contributed by atoms with Gasteiger partial charge in [-0.1, -0.05) is 0 Å². The van der Waals surface area contributed by atoms with E-state index in [0.717, 1.165) is 15.1 Å². The van der Waals surface area contributed by atoms with Gasteiger partial charge in [0.1, 0.15) is 5.76 Å². The molecule has 19 heavy (non-hydrogen) atoms. The quantitative estimate of drug-likeness (QED) is 0.521. The Labute approximate surface area is 123 Å². The molecular weight excluding hydrogens is 330 g/mol. The minimum absolute atomic E-state index is 0.368. The number of rotatable bonds is 4. The van der Waals surface area contributed by atoms with E-state index in [2.05, 4.69) is 15.9 Å². The van der Waals surface area contributed by atoms with Gasteiger partial charge in [-0.05, 0) is 40.2 Å². The molecule has 1 heterocycles. The molecule has 0 saturated carbocycles. The Morgan fingerprint density at radius 2 is 2.32 bits per heavy atom. The van der Waals surface area contributed by atoms with E-state index in [1.54, 1.807) is 30.2 Å². The molecule has 6 heteroatoms. The molecule has 0 aliphatic carbocycles. The van der Waals surface area contributed by atoms with Gasteiger partial charge in [-0.25, -0.2) is 4.79 Å². The first-order valence-electron chi connectivity index (χ1n) is 5.44. The zero-order valence-electron chi connectivity index (χ0n) is 10.2. The Hall–Kier alpha value is -1.40. The molecule has 100 valence electrons. The largest absolute Gasteiger partial charge is 0.468 e. The van der Waals surface area contributed by atoms with Crippen LogP contribution in [0.4, 0.5) is 5.69 Å². The first-order valence-corrected chi connectivity index (χ1v) is 7.22. The number of methoxy groups -OCH3 is 1. The number of furan rings is 1. The molecule has 2 aromatic rings. The predicted molar refractivity (Wildman–Crippen MR) is 78.2 cm³/mol. The summed E-state index contributed by atoms with van der Waals surface area (Å²) in [6, 6.07) is 7.17. The van der Waals surface area contributed by atoms with Gasteiger partial charge in [-0.2, -0.15) is 0 Å². The maximum absolute atomic E-state index is 11.6.